The van der Waals surface area contributed by atoms with Crippen LogP contribution in [-0.4, -0.2) is 26.9 Å². The van der Waals surface area contributed by atoms with Gasteiger partial charge in [0.2, 0.25) is 11.0 Å². The van der Waals surface area contributed by atoms with Crippen LogP contribution in [0.15, 0.2) is 22.5 Å². The molecular weight excluding hydrogens is 378 g/mol. The average molecular weight is 404 g/mol. The molecule has 0 unspecified atom stereocenters. The van der Waals surface area contributed by atoms with Crippen molar-refractivity contribution in [1.29, 1.82) is 5.26 Å². The maximum atomic E-state index is 12.5. The number of hydrogen-bond donors (Lipinski definition) is 2. The minimum atomic E-state index is -0.886. The van der Waals surface area contributed by atoms with Gasteiger partial charge in [-0.25, -0.2) is 0 Å². The lowest BCUT2D eigenvalue weighted by Gasteiger charge is -2.28. The normalized spacial score (nSPS) is 14.3. The Balaban J connectivity index is 2.00. The predicted molar refractivity (Wildman–Crippen MR) is 111 cm³/mol. The molecule has 1 aromatic carbocycles. The number of hydrogen-bond acceptors (Lipinski definition) is 7. The van der Waals surface area contributed by atoms with Gasteiger partial charge in [-0.05, 0) is 45.2 Å². The summed E-state index contributed by atoms with van der Waals surface area (Å²) in [5.74, 6) is -0.171. The van der Waals surface area contributed by atoms with Crippen LogP contribution >= 0.6 is 23.1 Å². The van der Waals surface area contributed by atoms with Crippen molar-refractivity contribution in [3.05, 3.63) is 29.3 Å². The first-order valence-corrected chi connectivity index (χ1v) is 10.4. The van der Waals surface area contributed by atoms with Gasteiger partial charge in [-0.1, -0.05) is 54.6 Å². The van der Waals surface area contributed by atoms with Crippen LogP contribution in [0, 0.1) is 31.1 Å². The Bertz CT molecular complexity index is 858. The molecule has 0 aliphatic carbocycles. The Hall–Kier alpha value is -2.11. The lowest BCUT2D eigenvalue weighted by atomic mass is 9.90. The van der Waals surface area contributed by atoms with E-state index in [1.165, 1.54) is 28.7 Å². The fourth-order valence-corrected chi connectivity index (χ4v) is 4.15. The number of carbonyl (C=O) groups is 1. The molecule has 0 aliphatic rings. The van der Waals surface area contributed by atoms with Gasteiger partial charge >= 0.3 is 0 Å². The molecule has 27 heavy (non-hydrogen) atoms. The van der Waals surface area contributed by atoms with E-state index in [-0.39, 0.29) is 17.1 Å². The highest BCUT2D eigenvalue weighted by Crippen LogP contribution is 2.31. The predicted octanol–water partition coefficient (Wildman–Crippen LogP) is 4.43. The Morgan fingerprint density at radius 2 is 2.00 bits per heavy atom. The van der Waals surface area contributed by atoms with Crippen molar-refractivity contribution >= 4 is 39.8 Å². The molecule has 0 saturated carbocycles. The fraction of sp³-hybridized carbons (Fsp3) is 0.474. The molecule has 0 fully saturated rings. The second kappa shape index (κ2) is 8.72. The molecule has 0 spiro atoms. The Labute approximate surface area is 168 Å². The summed E-state index contributed by atoms with van der Waals surface area (Å²) in [6.07, 6.45) is 0. The third kappa shape index (κ3) is 5.44. The number of rotatable bonds is 7. The first-order chi connectivity index (χ1) is 12.6. The first kappa shape index (κ1) is 21.2. The lowest BCUT2D eigenvalue weighted by molar-refractivity contribution is -0.121. The number of amides is 1. The fourth-order valence-electron chi connectivity index (χ4n) is 2.24. The molecule has 8 heteroatoms. The Morgan fingerprint density at radius 1 is 1.30 bits per heavy atom. The van der Waals surface area contributed by atoms with Crippen LogP contribution in [0.3, 0.4) is 0 Å². The van der Waals surface area contributed by atoms with Crippen molar-refractivity contribution in [1.82, 2.24) is 15.5 Å². The van der Waals surface area contributed by atoms with E-state index in [2.05, 4.69) is 39.9 Å². The van der Waals surface area contributed by atoms with Crippen molar-refractivity contribution < 1.29 is 4.79 Å². The van der Waals surface area contributed by atoms with Crippen LogP contribution in [0.4, 0.5) is 10.8 Å². The largest absolute Gasteiger partial charge is 0.337 e. The van der Waals surface area contributed by atoms with E-state index < -0.39 is 5.54 Å². The molecule has 0 radical (unpaired) electrons. The molecule has 2 N–H and O–H groups in total. The number of aryl methyl sites for hydroxylation is 2. The van der Waals surface area contributed by atoms with Crippen LogP contribution < -0.4 is 10.6 Å². The highest BCUT2D eigenvalue weighted by molar-refractivity contribution is 8.02. The molecule has 0 bridgehead atoms. The summed E-state index contributed by atoms with van der Waals surface area (Å²) in [6, 6.07) is 8.35. The summed E-state index contributed by atoms with van der Waals surface area (Å²) in [5, 5.41) is 24.1. The van der Waals surface area contributed by atoms with Gasteiger partial charge in [0.1, 0.15) is 5.54 Å². The molecular formula is C19H25N5OS2. The third-order valence-electron chi connectivity index (χ3n) is 4.45. The Morgan fingerprint density at radius 3 is 2.59 bits per heavy atom. The zero-order valence-corrected chi connectivity index (χ0v) is 18.1. The molecule has 0 saturated heterocycles. The molecule has 1 aromatic heterocycles. The van der Waals surface area contributed by atoms with E-state index in [4.69, 9.17) is 0 Å². The van der Waals surface area contributed by atoms with Crippen molar-refractivity contribution in [3.8, 4) is 6.07 Å². The van der Waals surface area contributed by atoms with E-state index in [1.54, 1.807) is 13.8 Å². The highest BCUT2D eigenvalue weighted by Gasteiger charge is 2.32. The number of nitriles is 1. The van der Waals surface area contributed by atoms with Gasteiger partial charge in [0, 0.05) is 5.69 Å². The van der Waals surface area contributed by atoms with Crippen LogP contribution in [0.2, 0.25) is 0 Å². The van der Waals surface area contributed by atoms with Gasteiger partial charge in [0.15, 0.2) is 4.34 Å². The van der Waals surface area contributed by atoms with Gasteiger partial charge in [-0.2, -0.15) is 5.26 Å². The van der Waals surface area contributed by atoms with E-state index in [0.717, 1.165) is 11.3 Å². The molecule has 1 amide bonds. The minimum Gasteiger partial charge on any atom is -0.337 e. The number of carbonyl (C=O) groups excluding carboxylic acids is 1. The average Bonchev–Trinajstić information content (AvgIpc) is 3.04. The number of anilines is 2. The Kier molecular flexibility index (Phi) is 6.84. The number of aromatic nitrogens is 2. The van der Waals surface area contributed by atoms with Gasteiger partial charge in [-0.3, -0.25) is 4.79 Å². The summed E-state index contributed by atoms with van der Waals surface area (Å²) in [6.45, 7) is 11.5. The standard InChI is InChI=1S/C19H25N5OS2/c1-11(2)19(6,10-20)22-16(25)14(5)26-18-24-23-17(27-18)21-15-8-7-12(3)9-13(15)4/h7-9,11,14H,1-6H3,(H,21,23)(H,22,25)/t14-,19+/m1/s1. The van der Waals surface area contributed by atoms with Crippen LogP contribution in [0.5, 0.6) is 0 Å². The van der Waals surface area contributed by atoms with E-state index >= 15 is 0 Å². The molecule has 0 aliphatic heterocycles. The molecule has 2 rings (SSSR count). The van der Waals surface area contributed by atoms with Gasteiger partial charge < -0.3 is 10.6 Å². The summed E-state index contributed by atoms with van der Waals surface area (Å²) in [7, 11) is 0. The lowest BCUT2D eigenvalue weighted by Crippen LogP contribution is -2.51. The van der Waals surface area contributed by atoms with Gasteiger partial charge in [0.05, 0.1) is 11.3 Å². The molecule has 2 aromatic rings. The number of benzene rings is 1. The minimum absolute atomic E-state index is 0.0127. The molecule has 2 atom stereocenters. The SMILES string of the molecule is Cc1ccc(Nc2nnc(S[C@H](C)C(=O)N[C@@](C)(C#N)C(C)C)s2)c(C)c1. The van der Waals surface area contributed by atoms with Crippen molar-refractivity contribution in [2.45, 2.75) is 56.7 Å². The summed E-state index contributed by atoms with van der Waals surface area (Å²) < 4.78 is 0.702. The number of nitrogens with one attached hydrogen (secondary N) is 2. The van der Waals surface area contributed by atoms with Gasteiger partial charge in [-0.15, -0.1) is 10.2 Å². The maximum absolute atomic E-state index is 12.5. The quantitative estimate of drug-likeness (QED) is 0.665. The van der Waals surface area contributed by atoms with E-state index in [9.17, 15) is 10.1 Å². The molecule has 1 heterocycles. The van der Waals surface area contributed by atoms with Crippen LogP contribution in [0.25, 0.3) is 0 Å². The van der Waals surface area contributed by atoms with Crippen LogP contribution in [0.1, 0.15) is 38.8 Å². The zero-order chi connectivity index (χ0) is 20.2. The molecule has 6 nitrogen and oxygen atoms in total. The number of nitrogens with zero attached hydrogens (tertiary/aromatic N) is 3. The van der Waals surface area contributed by atoms with Crippen molar-refractivity contribution in [3.63, 3.8) is 0 Å². The van der Waals surface area contributed by atoms with E-state index in [1.807, 2.05) is 32.9 Å². The first-order valence-electron chi connectivity index (χ1n) is 8.72. The van der Waals surface area contributed by atoms with Gasteiger partial charge in [0.25, 0.3) is 0 Å². The van der Waals surface area contributed by atoms with Crippen molar-refractivity contribution in [2.75, 3.05) is 5.32 Å². The highest BCUT2D eigenvalue weighted by atomic mass is 32.2. The maximum Gasteiger partial charge on any atom is 0.234 e. The monoisotopic (exact) mass is 403 g/mol. The summed E-state index contributed by atoms with van der Waals surface area (Å²) in [4.78, 5) is 12.5. The second-order valence-electron chi connectivity index (χ2n) is 7.03. The smallest absolute Gasteiger partial charge is 0.234 e. The zero-order valence-electron chi connectivity index (χ0n) is 16.5. The van der Waals surface area contributed by atoms with E-state index in [0.29, 0.717) is 9.47 Å². The topological polar surface area (TPSA) is 90.7 Å². The third-order valence-corrected chi connectivity index (χ3v) is 6.47. The number of thioether (sulfide) groups is 1. The van der Waals surface area contributed by atoms with Crippen molar-refractivity contribution in [2.24, 2.45) is 5.92 Å². The summed E-state index contributed by atoms with van der Waals surface area (Å²) >= 11 is 2.74. The second-order valence-corrected chi connectivity index (χ2v) is 9.60. The molecule has 144 valence electrons. The summed E-state index contributed by atoms with van der Waals surface area (Å²) in [5.41, 5.74) is 2.44. The van der Waals surface area contributed by atoms with Crippen LogP contribution in [-0.2, 0) is 4.79 Å².